The monoisotopic (exact) mass is 247 g/mol. The molecule has 2 N–H and O–H groups in total. The minimum atomic E-state index is -0.155. The second kappa shape index (κ2) is 6.35. The van der Waals surface area contributed by atoms with Crippen molar-refractivity contribution in [2.24, 2.45) is 5.92 Å². The summed E-state index contributed by atoms with van der Waals surface area (Å²) in [5.41, 5.74) is 4.12. The summed E-state index contributed by atoms with van der Waals surface area (Å²) < 4.78 is 0. The number of aryl methyl sites for hydroxylation is 2. The number of hydrogen-bond donors (Lipinski definition) is 2. The van der Waals surface area contributed by atoms with Gasteiger partial charge in [-0.1, -0.05) is 18.2 Å². The number of rotatable bonds is 4. The Morgan fingerprint density at radius 2 is 2.22 bits per heavy atom. The molecule has 0 amide bonds. The minimum absolute atomic E-state index is 0.155. The van der Waals surface area contributed by atoms with E-state index in [0.29, 0.717) is 5.92 Å². The first-order chi connectivity index (χ1) is 8.68. The van der Waals surface area contributed by atoms with Crippen LogP contribution in [0.5, 0.6) is 0 Å². The van der Waals surface area contributed by atoms with E-state index in [0.717, 1.165) is 25.9 Å². The average molecular weight is 247 g/mol. The van der Waals surface area contributed by atoms with Crippen molar-refractivity contribution in [3.8, 4) is 0 Å². The summed E-state index contributed by atoms with van der Waals surface area (Å²) in [4.78, 5) is 0. The van der Waals surface area contributed by atoms with Crippen molar-refractivity contribution in [2.45, 2.75) is 45.6 Å². The van der Waals surface area contributed by atoms with E-state index in [1.807, 2.05) is 0 Å². The van der Waals surface area contributed by atoms with Gasteiger partial charge in [0, 0.05) is 6.54 Å². The topological polar surface area (TPSA) is 32.3 Å². The summed E-state index contributed by atoms with van der Waals surface area (Å²) in [6, 6.07) is 6.46. The van der Waals surface area contributed by atoms with E-state index >= 15 is 0 Å². The van der Waals surface area contributed by atoms with E-state index in [1.165, 1.54) is 29.5 Å². The van der Waals surface area contributed by atoms with Crippen LogP contribution in [0.25, 0.3) is 0 Å². The highest BCUT2D eigenvalue weighted by Crippen LogP contribution is 2.20. The van der Waals surface area contributed by atoms with Crippen molar-refractivity contribution in [3.05, 3.63) is 34.9 Å². The van der Waals surface area contributed by atoms with E-state index in [-0.39, 0.29) is 6.10 Å². The van der Waals surface area contributed by atoms with E-state index in [2.05, 4.69) is 37.4 Å². The van der Waals surface area contributed by atoms with Crippen LogP contribution >= 0.6 is 0 Å². The highest BCUT2D eigenvalue weighted by atomic mass is 16.3. The molecule has 0 aliphatic carbocycles. The maximum atomic E-state index is 10.3. The summed E-state index contributed by atoms with van der Waals surface area (Å²) in [7, 11) is 0. The number of aliphatic hydroxyl groups is 1. The standard InChI is InChI=1S/C16H25NO/c1-12-5-3-6-14(13(12)2)8-9-16(18)15-7-4-10-17-11-15/h3,5-6,15-18H,4,7-11H2,1-2H3. The van der Waals surface area contributed by atoms with Crippen LogP contribution in [0.1, 0.15) is 36.0 Å². The highest BCUT2D eigenvalue weighted by Gasteiger charge is 2.21. The van der Waals surface area contributed by atoms with Crippen molar-refractivity contribution in [2.75, 3.05) is 13.1 Å². The maximum Gasteiger partial charge on any atom is 0.0583 e. The predicted octanol–water partition coefficient (Wildman–Crippen LogP) is 2.60. The van der Waals surface area contributed by atoms with Crippen LogP contribution in [-0.2, 0) is 6.42 Å². The van der Waals surface area contributed by atoms with Gasteiger partial charge in [0.05, 0.1) is 6.10 Å². The molecular formula is C16H25NO. The molecule has 1 fully saturated rings. The second-order valence-corrected chi connectivity index (χ2v) is 5.57. The highest BCUT2D eigenvalue weighted by molar-refractivity contribution is 5.33. The van der Waals surface area contributed by atoms with E-state index < -0.39 is 0 Å². The van der Waals surface area contributed by atoms with Crippen LogP contribution in [0.15, 0.2) is 18.2 Å². The summed E-state index contributed by atoms with van der Waals surface area (Å²) in [6.45, 7) is 6.42. The quantitative estimate of drug-likeness (QED) is 0.857. The number of aliphatic hydroxyl groups excluding tert-OH is 1. The fraction of sp³-hybridized carbons (Fsp3) is 0.625. The third kappa shape index (κ3) is 3.33. The largest absolute Gasteiger partial charge is 0.393 e. The molecule has 2 nitrogen and oxygen atoms in total. The second-order valence-electron chi connectivity index (χ2n) is 5.57. The molecule has 2 heteroatoms. The number of nitrogens with one attached hydrogen (secondary N) is 1. The van der Waals surface area contributed by atoms with Crippen LogP contribution in [0, 0.1) is 19.8 Å². The number of hydrogen-bond acceptors (Lipinski definition) is 2. The normalized spacial score (nSPS) is 21.8. The molecule has 1 aromatic carbocycles. The molecule has 0 saturated carbocycles. The van der Waals surface area contributed by atoms with Gasteiger partial charge >= 0.3 is 0 Å². The van der Waals surface area contributed by atoms with Gasteiger partial charge < -0.3 is 10.4 Å². The third-order valence-electron chi connectivity index (χ3n) is 4.31. The molecule has 0 bridgehead atoms. The molecule has 1 aliphatic rings. The lowest BCUT2D eigenvalue weighted by Gasteiger charge is -2.27. The molecular weight excluding hydrogens is 222 g/mol. The molecule has 1 aliphatic heterocycles. The van der Waals surface area contributed by atoms with Gasteiger partial charge in [-0.3, -0.25) is 0 Å². The van der Waals surface area contributed by atoms with Crippen molar-refractivity contribution in [1.29, 1.82) is 0 Å². The van der Waals surface area contributed by atoms with E-state index in [1.54, 1.807) is 0 Å². The lowest BCUT2D eigenvalue weighted by molar-refractivity contribution is 0.0844. The van der Waals surface area contributed by atoms with Crippen molar-refractivity contribution >= 4 is 0 Å². The summed E-state index contributed by atoms with van der Waals surface area (Å²) in [5.74, 6) is 0.448. The molecule has 1 aromatic rings. The fourth-order valence-corrected chi connectivity index (χ4v) is 2.83. The zero-order chi connectivity index (χ0) is 13.0. The van der Waals surface area contributed by atoms with Crippen molar-refractivity contribution in [3.63, 3.8) is 0 Å². The fourth-order valence-electron chi connectivity index (χ4n) is 2.83. The first kappa shape index (κ1) is 13.6. The van der Waals surface area contributed by atoms with Crippen LogP contribution < -0.4 is 5.32 Å². The summed E-state index contributed by atoms with van der Waals surface area (Å²) in [5, 5.41) is 13.6. The Morgan fingerprint density at radius 1 is 1.39 bits per heavy atom. The van der Waals surface area contributed by atoms with Gasteiger partial charge in [-0.15, -0.1) is 0 Å². The predicted molar refractivity (Wildman–Crippen MR) is 75.8 cm³/mol. The SMILES string of the molecule is Cc1cccc(CCC(O)C2CCCNC2)c1C. The molecule has 1 saturated heterocycles. The van der Waals surface area contributed by atoms with Crippen LogP contribution in [-0.4, -0.2) is 24.3 Å². The van der Waals surface area contributed by atoms with Crippen LogP contribution in [0.3, 0.4) is 0 Å². The number of benzene rings is 1. The first-order valence-corrected chi connectivity index (χ1v) is 7.12. The maximum absolute atomic E-state index is 10.3. The van der Waals surface area contributed by atoms with Gasteiger partial charge in [0.2, 0.25) is 0 Å². The Morgan fingerprint density at radius 3 is 2.94 bits per heavy atom. The molecule has 2 rings (SSSR count). The molecule has 1 heterocycles. The minimum Gasteiger partial charge on any atom is -0.393 e. The molecule has 100 valence electrons. The average Bonchev–Trinajstić information content (AvgIpc) is 2.41. The molecule has 2 atom stereocenters. The first-order valence-electron chi connectivity index (χ1n) is 7.12. The number of piperidine rings is 1. The van der Waals surface area contributed by atoms with Gasteiger partial charge in [-0.2, -0.15) is 0 Å². The van der Waals surface area contributed by atoms with Crippen LogP contribution in [0.2, 0.25) is 0 Å². The van der Waals surface area contributed by atoms with E-state index in [4.69, 9.17) is 0 Å². The smallest absolute Gasteiger partial charge is 0.0583 e. The van der Waals surface area contributed by atoms with Gasteiger partial charge in [-0.25, -0.2) is 0 Å². The van der Waals surface area contributed by atoms with Crippen molar-refractivity contribution in [1.82, 2.24) is 5.32 Å². The van der Waals surface area contributed by atoms with Gasteiger partial charge in [0.25, 0.3) is 0 Å². The Labute approximate surface area is 110 Å². The Bertz CT molecular complexity index is 383. The lowest BCUT2D eigenvalue weighted by Crippen LogP contribution is -2.36. The Hall–Kier alpha value is -0.860. The van der Waals surface area contributed by atoms with Gasteiger partial charge in [0.15, 0.2) is 0 Å². The summed E-state index contributed by atoms with van der Waals surface area (Å²) in [6.07, 6.45) is 4.09. The zero-order valence-corrected chi connectivity index (χ0v) is 11.6. The molecule has 18 heavy (non-hydrogen) atoms. The Balaban J connectivity index is 1.88. The Kier molecular flexibility index (Phi) is 4.79. The van der Waals surface area contributed by atoms with Gasteiger partial charge in [0.1, 0.15) is 0 Å². The molecule has 0 radical (unpaired) electrons. The lowest BCUT2D eigenvalue weighted by atomic mass is 9.89. The molecule has 0 spiro atoms. The van der Waals surface area contributed by atoms with Crippen LogP contribution in [0.4, 0.5) is 0 Å². The molecule has 0 aromatic heterocycles. The summed E-state index contributed by atoms with van der Waals surface area (Å²) >= 11 is 0. The third-order valence-corrected chi connectivity index (χ3v) is 4.31. The van der Waals surface area contributed by atoms with Gasteiger partial charge in [-0.05, 0) is 68.7 Å². The zero-order valence-electron chi connectivity index (χ0n) is 11.6. The van der Waals surface area contributed by atoms with Crippen molar-refractivity contribution < 1.29 is 5.11 Å². The van der Waals surface area contributed by atoms with E-state index in [9.17, 15) is 5.11 Å². The molecule has 2 unspecified atom stereocenters.